The Bertz CT molecular complexity index is 371. The van der Waals surface area contributed by atoms with Crippen LogP contribution >= 0.6 is 38.4 Å². The van der Waals surface area contributed by atoms with E-state index in [4.69, 9.17) is 86.3 Å². The van der Waals surface area contributed by atoms with Gasteiger partial charge in [-0.25, -0.2) is 0 Å². The van der Waals surface area contributed by atoms with E-state index >= 15 is 0 Å². The second-order valence-corrected chi connectivity index (χ2v) is 9.45. The van der Waals surface area contributed by atoms with Gasteiger partial charge in [-0.3, -0.25) is 11.7 Å². The van der Waals surface area contributed by atoms with E-state index < -0.39 is 0 Å². The average Bonchev–Trinajstić information content (AvgIpc) is 2.75. The molecule has 0 spiro atoms. The predicted molar refractivity (Wildman–Crippen MR) is 129 cm³/mol. The summed E-state index contributed by atoms with van der Waals surface area (Å²) >= 11 is 12.3. The molecule has 12 nitrogen and oxygen atoms in total. The summed E-state index contributed by atoms with van der Waals surface area (Å²) in [6, 6.07) is 0. The Hall–Kier alpha value is -1.73. The molecule has 3 N–H and O–H groups in total. The normalized spacial score (nSPS) is 7.76. The zero-order valence-electron chi connectivity index (χ0n) is 20.3. The molecule has 0 aromatic rings. The Morgan fingerprint density at radius 2 is 0.529 bits per heavy atom. The van der Waals surface area contributed by atoms with Crippen LogP contribution in [0.2, 0.25) is 0 Å². The molecule has 0 bridgehead atoms. The number of likely N-dealkylation sites (N-methyl/N-ethyl adjacent to an activating group) is 3. The summed E-state index contributed by atoms with van der Waals surface area (Å²) in [6.07, 6.45) is 0. The molecule has 16 heteroatoms. The molecule has 0 heterocycles. The molecule has 0 atom stereocenters. The first-order valence-electron chi connectivity index (χ1n) is 8.02. The number of quaternary nitrogens is 3. The number of hydrogen-bond donors (Lipinski definition) is 6. The number of rotatable bonds is 6. The van der Waals surface area contributed by atoms with Crippen LogP contribution < -0.4 is 0 Å². The van der Waals surface area contributed by atoms with E-state index in [2.05, 4.69) is 38.4 Å². The van der Waals surface area contributed by atoms with Gasteiger partial charge in [0.15, 0.2) is 0 Å². The van der Waals surface area contributed by atoms with Crippen LogP contribution in [0.1, 0.15) is 0 Å². The van der Waals surface area contributed by atoms with Crippen molar-refractivity contribution in [3.05, 3.63) is 39.4 Å². The Morgan fingerprint density at radius 3 is 0.529 bits per heavy atom. The Morgan fingerprint density at radius 1 is 0.441 bits per heavy atom. The Labute approximate surface area is 234 Å². The van der Waals surface area contributed by atoms with Gasteiger partial charge in [0.05, 0.1) is 101 Å². The molecule has 0 aliphatic heterocycles. The maximum Gasteiger partial charge on any atom is 3.00 e. The summed E-state index contributed by atoms with van der Waals surface area (Å²) < 4.78 is 1.61. The van der Waals surface area contributed by atoms with Crippen molar-refractivity contribution in [2.45, 2.75) is 0 Å². The number of hydrogen-bond acceptors (Lipinski definition) is 12. The van der Waals surface area contributed by atoms with Crippen molar-refractivity contribution in [2.24, 2.45) is 0 Å². The first kappa shape index (κ1) is 63.6. The summed E-state index contributed by atoms with van der Waals surface area (Å²) in [7, 11) is 11.5. The molecule has 0 amide bonds. The topological polar surface area (TPSA) is 203 Å². The van der Waals surface area contributed by atoms with E-state index in [9.17, 15) is 0 Å². The SMILES string of the molecule is C[N+](C)(S)CCO.C[N+](C)(S)CCO.C[N+](C)(S)CCO.[C-]#N.[C-]#N.[C-]#N.[C-]#N.[C-]#N.[C-]#N.[Fe+3]. The van der Waals surface area contributed by atoms with Crippen molar-refractivity contribution in [1.29, 1.82) is 31.6 Å². The van der Waals surface area contributed by atoms with Gasteiger partial charge in [0, 0.05) is 0 Å². The molecular formula is C18H36FeN9O3S3. The van der Waals surface area contributed by atoms with Crippen LogP contribution in [0.4, 0.5) is 0 Å². The molecule has 34 heavy (non-hydrogen) atoms. The summed E-state index contributed by atoms with van der Waals surface area (Å²) in [5.41, 5.74) is 0. The van der Waals surface area contributed by atoms with Gasteiger partial charge in [0.1, 0.15) is 19.6 Å². The predicted octanol–water partition coefficient (Wildman–Crippen LogP) is 0.275. The van der Waals surface area contributed by atoms with Crippen LogP contribution in [0.5, 0.6) is 0 Å². The van der Waals surface area contributed by atoms with Gasteiger partial charge in [0.25, 0.3) is 0 Å². The van der Waals surface area contributed by atoms with Crippen molar-refractivity contribution < 1.29 is 44.1 Å². The third-order valence-corrected chi connectivity index (χ3v) is 2.54. The zero-order valence-corrected chi connectivity index (χ0v) is 24.1. The molecule has 0 unspecified atom stereocenters. The minimum atomic E-state index is 0. The van der Waals surface area contributed by atoms with Crippen LogP contribution in [0.25, 0.3) is 0 Å². The van der Waals surface area contributed by atoms with Crippen molar-refractivity contribution in [1.82, 2.24) is 0 Å². The number of aliphatic hydroxyl groups is 3. The molecule has 0 aliphatic rings. The van der Waals surface area contributed by atoms with Gasteiger partial charge in [-0.15, -0.1) is 0 Å². The van der Waals surface area contributed by atoms with Crippen LogP contribution in [0.3, 0.4) is 0 Å². The summed E-state index contributed by atoms with van der Waals surface area (Å²) in [4.78, 5) is 0. The Kier molecular flexibility index (Phi) is 108. The molecule has 0 rings (SSSR count). The molecule has 197 valence electrons. The minimum Gasteiger partial charge on any atom is -0.512 e. The summed E-state index contributed by atoms with van der Waals surface area (Å²) in [6.45, 7) is 31.2. The smallest absolute Gasteiger partial charge is 0.512 e. The van der Waals surface area contributed by atoms with Gasteiger partial charge < -0.3 is 86.3 Å². The molecule has 0 aromatic carbocycles. The number of thiol groups is 3. The molecule has 0 aliphatic carbocycles. The standard InChI is InChI=1S/3C4H12NOS.6CN.Fe/c3*1-5(2,7)3-4-6;6*1-2;/h3*6-7H,3-4H2,1-2H3;;;;;;;/q3*+1;6*-1;+3. The average molecular weight is 579 g/mol. The van der Waals surface area contributed by atoms with Crippen molar-refractivity contribution in [3.8, 4) is 0 Å². The summed E-state index contributed by atoms with van der Waals surface area (Å²) in [5.74, 6) is 0. The fraction of sp³-hybridized carbons (Fsp3) is 0.667. The summed E-state index contributed by atoms with van der Waals surface area (Å²) in [5, 5.41) is 62.5. The molecule has 0 fully saturated rings. The van der Waals surface area contributed by atoms with Gasteiger partial charge in [0.2, 0.25) is 0 Å². The van der Waals surface area contributed by atoms with Crippen molar-refractivity contribution in [2.75, 3.05) is 81.7 Å². The fourth-order valence-electron chi connectivity index (χ4n) is 0.734. The number of aliphatic hydroxyl groups excluding tert-OH is 3. The van der Waals surface area contributed by atoms with Gasteiger partial charge in [-0.2, -0.15) is 0 Å². The van der Waals surface area contributed by atoms with E-state index in [0.717, 1.165) is 0 Å². The Balaban J connectivity index is -0.0000000256. The van der Waals surface area contributed by atoms with E-state index in [1.807, 2.05) is 42.3 Å². The van der Waals surface area contributed by atoms with Crippen LogP contribution in [-0.4, -0.2) is 109 Å². The first-order valence-corrected chi connectivity index (χ1v) is 9.22. The van der Waals surface area contributed by atoms with E-state index in [1.54, 1.807) is 0 Å². The molecular weight excluding hydrogens is 542 g/mol. The van der Waals surface area contributed by atoms with Crippen LogP contribution in [0, 0.1) is 71.0 Å². The molecule has 0 saturated heterocycles. The maximum atomic E-state index is 8.34. The molecule has 0 saturated carbocycles. The largest absolute Gasteiger partial charge is 3.00 e. The quantitative estimate of drug-likeness (QED) is 0.111. The van der Waals surface area contributed by atoms with E-state index in [-0.39, 0.29) is 36.9 Å². The van der Waals surface area contributed by atoms with Gasteiger partial charge in [-0.05, 0) is 0 Å². The van der Waals surface area contributed by atoms with Crippen molar-refractivity contribution >= 4 is 38.4 Å². The van der Waals surface area contributed by atoms with E-state index in [0.29, 0.717) is 31.3 Å². The van der Waals surface area contributed by atoms with E-state index in [1.165, 1.54) is 0 Å². The third-order valence-electron chi connectivity index (χ3n) is 1.94. The molecule has 0 aromatic heterocycles. The van der Waals surface area contributed by atoms with Gasteiger partial charge >= 0.3 is 17.1 Å². The zero-order chi connectivity index (χ0) is 29.7. The number of nitrogens with zero attached hydrogens (tertiary/aromatic N) is 9. The second-order valence-electron chi connectivity index (χ2n) is 6.20. The first-order chi connectivity index (χ1) is 15.2. The monoisotopic (exact) mass is 578 g/mol. The fourth-order valence-corrected chi connectivity index (χ4v) is 1.00. The van der Waals surface area contributed by atoms with Gasteiger partial charge in [-0.1, -0.05) is 0 Å². The minimum absolute atomic E-state index is 0. The second kappa shape index (κ2) is 57.8. The molecule has 1 radical (unpaired) electrons. The third kappa shape index (κ3) is 246. The van der Waals surface area contributed by atoms with Crippen LogP contribution in [0.15, 0.2) is 0 Å². The van der Waals surface area contributed by atoms with Crippen molar-refractivity contribution in [3.63, 3.8) is 0 Å². The van der Waals surface area contributed by atoms with Crippen LogP contribution in [-0.2, 0) is 17.1 Å². The maximum absolute atomic E-state index is 8.34.